The minimum absolute atomic E-state index is 0.0319. The fraction of sp³-hybridized carbons (Fsp3) is 0.588. The number of rotatable bonds is 4. The molecule has 0 aromatic heterocycles. The highest BCUT2D eigenvalue weighted by Gasteiger charge is 2.19. The van der Waals surface area contributed by atoms with Crippen LogP contribution < -0.4 is 10.1 Å². The number of hydrogen-bond acceptors (Lipinski definition) is 2. The summed E-state index contributed by atoms with van der Waals surface area (Å²) in [5.41, 5.74) is 0. The van der Waals surface area contributed by atoms with Crippen LogP contribution in [0.1, 0.15) is 51.9 Å². The molecule has 1 fully saturated rings. The summed E-state index contributed by atoms with van der Waals surface area (Å²) in [6.45, 7) is 1.78. The maximum absolute atomic E-state index is 12.2. The first-order chi connectivity index (χ1) is 10.1. The number of benzene rings is 1. The van der Waals surface area contributed by atoms with Crippen LogP contribution in [0.25, 0.3) is 0 Å². The number of ether oxygens (including phenoxy) is 1. The van der Waals surface area contributed by atoms with Gasteiger partial charge >= 0.3 is 0 Å². The predicted molar refractivity (Wildman–Crippen MR) is 85.8 cm³/mol. The van der Waals surface area contributed by atoms with Crippen molar-refractivity contribution in [2.75, 3.05) is 0 Å². The van der Waals surface area contributed by atoms with E-state index in [1.54, 1.807) is 31.2 Å². The Kier molecular flexibility index (Phi) is 6.37. The highest BCUT2D eigenvalue weighted by molar-refractivity contribution is 6.30. The third-order valence-corrected chi connectivity index (χ3v) is 4.20. The second kappa shape index (κ2) is 8.28. The largest absolute Gasteiger partial charge is 0.481 e. The molecule has 1 aromatic rings. The van der Waals surface area contributed by atoms with E-state index in [0.717, 1.165) is 12.8 Å². The van der Waals surface area contributed by atoms with Gasteiger partial charge in [0.1, 0.15) is 5.75 Å². The Morgan fingerprint density at radius 3 is 2.33 bits per heavy atom. The van der Waals surface area contributed by atoms with E-state index < -0.39 is 6.10 Å². The van der Waals surface area contributed by atoms with Crippen LogP contribution in [0.15, 0.2) is 24.3 Å². The van der Waals surface area contributed by atoms with Crippen molar-refractivity contribution < 1.29 is 9.53 Å². The Balaban J connectivity index is 1.82. The number of nitrogens with one attached hydrogen (secondary N) is 1. The van der Waals surface area contributed by atoms with Gasteiger partial charge in [-0.1, -0.05) is 43.7 Å². The summed E-state index contributed by atoms with van der Waals surface area (Å²) >= 11 is 5.83. The summed E-state index contributed by atoms with van der Waals surface area (Å²) in [4.78, 5) is 12.2. The molecule has 0 bridgehead atoms. The lowest BCUT2D eigenvalue weighted by atomic mass is 9.96. The normalized spacial score (nSPS) is 18.4. The summed E-state index contributed by atoms with van der Waals surface area (Å²) in [6.07, 6.45) is 7.98. The zero-order chi connectivity index (χ0) is 15.1. The third-order valence-electron chi connectivity index (χ3n) is 3.95. The molecule has 0 saturated heterocycles. The van der Waals surface area contributed by atoms with Crippen molar-refractivity contribution in [2.24, 2.45) is 0 Å². The van der Waals surface area contributed by atoms with Crippen molar-refractivity contribution in [2.45, 2.75) is 64.0 Å². The fourth-order valence-corrected chi connectivity index (χ4v) is 2.82. The number of hydrogen-bond donors (Lipinski definition) is 1. The maximum Gasteiger partial charge on any atom is 0.260 e. The predicted octanol–water partition coefficient (Wildman–Crippen LogP) is 4.34. The van der Waals surface area contributed by atoms with Gasteiger partial charge in [0.05, 0.1) is 0 Å². The average Bonchev–Trinajstić information content (AvgIpc) is 2.44. The molecule has 0 aliphatic heterocycles. The fourth-order valence-electron chi connectivity index (χ4n) is 2.69. The van der Waals surface area contributed by atoms with E-state index in [0.29, 0.717) is 16.8 Å². The summed E-state index contributed by atoms with van der Waals surface area (Å²) in [5.74, 6) is 0.634. The molecule has 0 spiro atoms. The quantitative estimate of drug-likeness (QED) is 0.898. The number of halogens is 1. The molecular formula is C17H24ClNO2. The zero-order valence-electron chi connectivity index (χ0n) is 12.6. The average molecular weight is 310 g/mol. The summed E-state index contributed by atoms with van der Waals surface area (Å²) in [7, 11) is 0. The van der Waals surface area contributed by atoms with E-state index in [4.69, 9.17) is 16.3 Å². The van der Waals surface area contributed by atoms with Crippen molar-refractivity contribution in [1.29, 1.82) is 0 Å². The van der Waals surface area contributed by atoms with Crippen LogP contribution in [-0.2, 0) is 4.79 Å². The molecule has 21 heavy (non-hydrogen) atoms. The van der Waals surface area contributed by atoms with Gasteiger partial charge in [-0.25, -0.2) is 0 Å². The Bertz CT molecular complexity index is 439. The Labute approximate surface area is 132 Å². The van der Waals surface area contributed by atoms with Crippen LogP contribution in [-0.4, -0.2) is 18.1 Å². The molecule has 2 rings (SSSR count). The number of carbonyl (C=O) groups is 1. The van der Waals surface area contributed by atoms with Gasteiger partial charge in [0.2, 0.25) is 0 Å². The molecule has 116 valence electrons. The van der Waals surface area contributed by atoms with E-state index in [1.807, 2.05) is 0 Å². The summed E-state index contributed by atoms with van der Waals surface area (Å²) < 4.78 is 5.66. The van der Waals surface area contributed by atoms with Gasteiger partial charge in [-0.15, -0.1) is 0 Å². The minimum atomic E-state index is -0.489. The van der Waals surface area contributed by atoms with Crippen molar-refractivity contribution in [3.8, 4) is 5.75 Å². The van der Waals surface area contributed by atoms with Crippen molar-refractivity contribution >= 4 is 17.5 Å². The number of amides is 1. The molecule has 1 aliphatic carbocycles. The highest BCUT2D eigenvalue weighted by Crippen LogP contribution is 2.19. The van der Waals surface area contributed by atoms with E-state index in [2.05, 4.69) is 5.32 Å². The molecule has 0 radical (unpaired) electrons. The molecule has 4 heteroatoms. The minimum Gasteiger partial charge on any atom is -0.481 e. The van der Waals surface area contributed by atoms with Gasteiger partial charge in [0, 0.05) is 11.1 Å². The van der Waals surface area contributed by atoms with E-state index in [-0.39, 0.29) is 5.91 Å². The Morgan fingerprint density at radius 2 is 1.71 bits per heavy atom. The lowest BCUT2D eigenvalue weighted by Gasteiger charge is -2.23. The van der Waals surface area contributed by atoms with Crippen molar-refractivity contribution in [3.63, 3.8) is 0 Å². The van der Waals surface area contributed by atoms with Crippen LogP contribution in [0.4, 0.5) is 0 Å². The standard InChI is InChI=1S/C17H24ClNO2/c1-13(21-16-11-9-14(18)10-12-16)17(20)19-15-7-5-3-2-4-6-8-15/h9-13,15H,2-8H2,1H3,(H,19,20)/t13-/m0/s1. The molecule has 1 amide bonds. The SMILES string of the molecule is C[C@H](Oc1ccc(Cl)cc1)C(=O)NC1CCCCCCC1. The van der Waals surface area contributed by atoms with Crippen LogP contribution in [0.5, 0.6) is 5.75 Å². The zero-order valence-corrected chi connectivity index (χ0v) is 13.4. The molecule has 1 aliphatic rings. The van der Waals surface area contributed by atoms with Gasteiger partial charge in [-0.05, 0) is 44.0 Å². The van der Waals surface area contributed by atoms with Gasteiger partial charge in [-0.3, -0.25) is 4.79 Å². The molecule has 3 nitrogen and oxygen atoms in total. The van der Waals surface area contributed by atoms with Crippen LogP contribution >= 0.6 is 11.6 Å². The number of carbonyl (C=O) groups excluding carboxylic acids is 1. The van der Waals surface area contributed by atoms with Gasteiger partial charge in [0.15, 0.2) is 6.10 Å². The highest BCUT2D eigenvalue weighted by atomic mass is 35.5. The first kappa shape index (κ1) is 16.2. The summed E-state index contributed by atoms with van der Waals surface area (Å²) in [6, 6.07) is 7.38. The lowest BCUT2D eigenvalue weighted by molar-refractivity contribution is -0.128. The second-order valence-corrected chi connectivity index (χ2v) is 6.20. The monoisotopic (exact) mass is 309 g/mol. The third kappa shape index (κ3) is 5.58. The molecule has 1 atom stereocenters. The summed E-state index contributed by atoms with van der Waals surface area (Å²) in [5, 5.41) is 3.79. The topological polar surface area (TPSA) is 38.3 Å². The lowest BCUT2D eigenvalue weighted by Crippen LogP contribution is -2.42. The molecule has 1 saturated carbocycles. The molecule has 1 aromatic carbocycles. The van der Waals surface area contributed by atoms with Crippen molar-refractivity contribution in [3.05, 3.63) is 29.3 Å². The van der Waals surface area contributed by atoms with E-state index >= 15 is 0 Å². The first-order valence-electron chi connectivity index (χ1n) is 7.88. The Morgan fingerprint density at radius 1 is 1.14 bits per heavy atom. The smallest absolute Gasteiger partial charge is 0.260 e. The van der Waals surface area contributed by atoms with Crippen LogP contribution in [0.2, 0.25) is 5.02 Å². The molecule has 0 unspecified atom stereocenters. The van der Waals surface area contributed by atoms with Crippen LogP contribution in [0, 0.1) is 0 Å². The second-order valence-electron chi connectivity index (χ2n) is 5.76. The van der Waals surface area contributed by atoms with Gasteiger partial charge < -0.3 is 10.1 Å². The van der Waals surface area contributed by atoms with E-state index in [9.17, 15) is 4.79 Å². The van der Waals surface area contributed by atoms with Crippen LogP contribution in [0.3, 0.4) is 0 Å². The molecule has 1 N–H and O–H groups in total. The Hall–Kier alpha value is -1.22. The van der Waals surface area contributed by atoms with E-state index in [1.165, 1.54) is 32.1 Å². The molecular weight excluding hydrogens is 286 g/mol. The maximum atomic E-state index is 12.2. The van der Waals surface area contributed by atoms with Crippen molar-refractivity contribution in [1.82, 2.24) is 5.32 Å². The van der Waals surface area contributed by atoms with Gasteiger partial charge in [0.25, 0.3) is 5.91 Å². The first-order valence-corrected chi connectivity index (χ1v) is 8.25. The molecule has 0 heterocycles. The van der Waals surface area contributed by atoms with Gasteiger partial charge in [-0.2, -0.15) is 0 Å².